The van der Waals surface area contributed by atoms with Gasteiger partial charge in [-0.15, -0.1) is 0 Å². The quantitative estimate of drug-likeness (QED) is 0.792. The maximum absolute atomic E-state index is 11.6. The van der Waals surface area contributed by atoms with Gasteiger partial charge < -0.3 is 9.31 Å². The molecule has 3 rings (SSSR count). The Kier molecular flexibility index (Phi) is 3.61. The van der Waals surface area contributed by atoms with Crippen molar-refractivity contribution in [3.8, 4) is 0 Å². The molecule has 0 aliphatic carbocycles. The summed E-state index contributed by atoms with van der Waals surface area (Å²) < 4.78 is 12.1. The van der Waals surface area contributed by atoms with Crippen LogP contribution in [0, 0.1) is 0 Å². The molecule has 116 valence electrons. The lowest BCUT2D eigenvalue weighted by atomic mass is 9.79. The zero-order valence-electron chi connectivity index (χ0n) is 13.5. The third kappa shape index (κ3) is 2.68. The van der Waals surface area contributed by atoms with Gasteiger partial charge in [-0.1, -0.05) is 24.3 Å². The number of amides is 1. The van der Waals surface area contributed by atoms with Gasteiger partial charge in [0.15, 0.2) is 0 Å². The van der Waals surface area contributed by atoms with Crippen molar-refractivity contribution in [2.75, 3.05) is 6.54 Å². The Morgan fingerprint density at radius 3 is 2.23 bits per heavy atom. The fourth-order valence-corrected chi connectivity index (χ4v) is 2.46. The highest BCUT2D eigenvalue weighted by Gasteiger charge is 2.51. The largest absolute Gasteiger partial charge is 0.494 e. The monoisotopic (exact) mass is 300 g/mol. The fourth-order valence-electron chi connectivity index (χ4n) is 2.46. The second kappa shape index (κ2) is 5.21. The lowest BCUT2D eigenvalue weighted by Crippen LogP contribution is -2.41. The van der Waals surface area contributed by atoms with Gasteiger partial charge >= 0.3 is 7.12 Å². The average molecular weight is 300 g/mol. The summed E-state index contributed by atoms with van der Waals surface area (Å²) in [5, 5.41) is 0. The number of hydrogen-bond donors (Lipinski definition) is 0. The van der Waals surface area contributed by atoms with E-state index in [1.165, 1.54) is 0 Å². The number of rotatable bonds is 3. The molecule has 2 heterocycles. The minimum atomic E-state index is -0.353. The number of aliphatic imine (C=N–C) groups is 1. The van der Waals surface area contributed by atoms with Crippen molar-refractivity contribution in [3.05, 3.63) is 29.8 Å². The summed E-state index contributed by atoms with van der Waals surface area (Å²) in [5.74, 6) is 0.0371. The first-order valence-corrected chi connectivity index (χ1v) is 7.52. The molecule has 0 saturated carbocycles. The predicted molar refractivity (Wildman–Crippen MR) is 86.1 cm³/mol. The molecular formula is C16H21BN2O3. The molecule has 1 aromatic carbocycles. The molecular weight excluding hydrogens is 279 g/mol. The number of carbonyl (C=O) groups is 1. The van der Waals surface area contributed by atoms with Crippen LogP contribution in [-0.2, 0) is 20.6 Å². The van der Waals surface area contributed by atoms with Gasteiger partial charge in [0.25, 0.3) is 0 Å². The van der Waals surface area contributed by atoms with Gasteiger partial charge in [0.2, 0.25) is 5.91 Å². The fraction of sp³-hybridized carbons (Fsp3) is 0.500. The van der Waals surface area contributed by atoms with E-state index in [0.29, 0.717) is 6.54 Å². The molecule has 6 heteroatoms. The van der Waals surface area contributed by atoms with E-state index < -0.39 is 0 Å². The van der Waals surface area contributed by atoms with Gasteiger partial charge in [0.1, 0.15) is 6.54 Å². The van der Waals surface area contributed by atoms with Crippen LogP contribution in [0.5, 0.6) is 0 Å². The second-order valence-electron chi connectivity index (χ2n) is 6.81. The molecule has 0 atom stereocenters. The van der Waals surface area contributed by atoms with Crippen molar-refractivity contribution in [2.45, 2.75) is 45.4 Å². The molecule has 0 spiro atoms. The molecule has 5 nitrogen and oxygen atoms in total. The summed E-state index contributed by atoms with van der Waals surface area (Å²) in [5.41, 5.74) is 1.37. The number of carbonyl (C=O) groups excluding carboxylic acids is 1. The third-order valence-corrected chi connectivity index (χ3v) is 4.63. The minimum Gasteiger partial charge on any atom is -0.399 e. The van der Waals surface area contributed by atoms with Crippen LogP contribution in [0.25, 0.3) is 0 Å². The summed E-state index contributed by atoms with van der Waals surface area (Å²) >= 11 is 0. The van der Waals surface area contributed by atoms with Crippen LogP contribution in [0.3, 0.4) is 0 Å². The molecule has 1 aromatic rings. The van der Waals surface area contributed by atoms with E-state index in [4.69, 9.17) is 9.31 Å². The van der Waals surface area contributed by atoms with Crippen molar-refractivity contribution < 1.29 is 14.1 Å². The molecule has 0 radical (unpaired) electrons. The predicted octanol–water partition coefficient (Wildman–Crippen LogP) is 1.36. The number of benzene rings is 1. The second-order valence-corrected chi connectivity index (χ2v) is 6.81. The normalized spacial score (nSPS) is 22.6. The number of nitrogens with zero attached hydrogens (tertiary/aromatic N) is 2. The van der Waals surface area contributed by atoms with E-state index in [2.05, 4.69) is 4.99 Å². The van der Waals surface area contributed by atoms with Gasteiger partial charge in [-0.3, -0.25) is 14.7 Å². The van der Waals surface area contributed by atoms with Crippen molar-refractivity contribution in [3.63, 3.8) is 0 Å². The summed E-state index contributed by atoms with van der Waals surface area (Å²) in [6, 6.07) is 7.99. The Labute approximate surface area is 131 Å². The first kappa shape index (κ1) is 15.2. The van der Waals surface area contributed by atoms with Crippen LogP contribution in [0.2, 0.25) is 0 Å². The van der Waals surface area contributed by atoms with Crippen LogP contribution in [-0.4, -0.2) is 42.0 Å². The standard InChI is InChI=1S/C16H21BN2O3/c1-15(2)16(3,4)22-17(21-15)13-7-5-12(6-8-13)10-19-11-18-9-14(19)20/h5-8,11H,9-10H2,1-4H3. The molecule has 2 aliphatic heterocycles. The molecule has 1 saturated heterocycles. The highest BCUT2D eigenvalue weighted by atomic mass is 16.7. The number of hydrogen-bond acceptors (Lipinski definition) is 4. The lowest BCUT2D eigenvalue weighted by Gasteiger charge is -2.32. The van der Waals surface area contributed by atoms with Gasteiger partial charge in [0.05, 0.1) is 24.1 Å². The molecule has 22 heavy (non-hydrogen) atoms. The first-order valence-electron chi connectivity index (χ1n) is 7.52. The molecule has 0 N–H and O–H groups in total. The van der Waals surface area contributed by atoms with E-state index >= 15 is 0 Å². The third-order valence-electron chi connectivity index (χ3n) is 4.63. The molecule has 0 aromatic heterocycles. The van der Waals surface area contributed by atoms with E-state index in [9.17, 15) is 4.79 Å². The minimum absolute atomic E-state index is 0.0371. The van der Waals surface area contributed by atoms with Crippen LogP contribution in [0.4, 0.5) is 0 Å². The van der Waals surface area contributed by atoms with Gasteiger partial charge in [-0.25, -0.2) is 0 Å². The van der Waals surface area contributed by atoms with Crippen molar-refractivity contribution in [2.24, 2.45) is 4.99 Å². The van der Waals surface area contributed by atoms with E-state index in [1.807, 2.05) is 52.0 Å². The van der Waals surface area contributed by atoms with E-state index in [1.54, 1.807) is 11.2 Å². The van der Waals surface area contributed by atoms with Crippen molar-refractivity contribution >= 4 is 24.8 Å². The van der Waals surface area contributed by atoms with Crippen LogP contribution >= 0.6 is 0 Å². The Balaban J connectivity index is 1.70. The van der Waals surface area contributed by atoms with Gasteiger partial charge in [0, 0.05) is 0 Å². The average Bonchev–Trinajstić information content (AvgIpc) is 2.92. The SMILES string of the molecule is CC1(C)OB(c2ccc(CN3C=NCC3=O)cc2)OC1(C)C. The van der Waals surface area contributed by atoms with Crippen molar-refractivity contribution in [1.29, 1.82) is 0 Å². The van der Waals surface area contributed by atoms with Crippen LogP contribution in [0.1, 0.15) is 33.3 Å². The maximum atomic E-state index is 11.6. The van der Waals surface area contributed by atoms with Gasteiger partial charge in [-0.2, -0.15) is 0 Å². The maximum Gasteiger partial charge on any atom is 0.494 e. The Hall–Kier alpha value is -1.66. The zero-order chi connectivity index (χ0) is 16.0. The summed E-state index contributed by atoms with van der Waals surface area (Å²) in [6.45, 7) is 8.97. The van der Waals surface area contributed by atoms with E-state index in [-0.39, 0.29) is 30.8 Å². The molecule has 1 fully saturated rings. The highest BCUT2D eigenvalue weighted by molar-refractivity contribution is 6.62. The summed E-state index contributed by atoms with van der Waals surface area (Å²) in [6.07, 6.45) is 1.60. The molecule has 1 amide bonds. The Bertz CT molecular complexity index is 594. The van der Waals surface area contributed by atoms with Gasteiger partial charge in [-0.05, 0) is 38.7 Å². The van der Waals surface area contributed by atoms with E-state index in [0.717, 1.165) is 11.0 Å². The smallest absolute Gasteiger partial charge is 0.399 e. The first-order chi connectivity index (χ1) is 10.3. The zero-order valence-corrected chi connectivity index (χ0v) is 13.5. The van der Waals surface area contributed by atoms with Crippen molar-refractivity contribution in [1.82, 2.24) is 4.90 Å². The summed E-state index contributed by atoms with van der Waals surface area (Å²) in [7, 11) is -0.353. The summed E-state index contributed by atoms with van der Waals surface area (Å²) in [4.78, 5) is 17.2. The Morgan fingerprint density at radius 1 is 1.14 bits per heavy atom. The molecule has 2 aliphatic rings. The molecule has 0 unspecified atom stereocenters. The molecule has 0 bridgehead atoms. The topological polar surface area (TPSA) is 51.1 Å². The highest BCUT2D eigenvalue weighted by Crippen LogP contribution is 2.36. The Morgan fingerprint density at radius 2 is 1.73 bits per heavy atom. The lowest BCUT2D eigenvalue weighted by molar-refractivity contribution is -0.125. The van der Waals surface area contributed by atoms with Crippen LogP contribution < -0.4 is 5.46 Å². The van der Waals surface area contributed by atoms with Crippen LogP contribution in [0.15, 0.2) is 29.3 Å².